The van der Waals surface area contributed by atoms with E-state index < -0.39 is 6.61 Å². The summed E-state index contributed by atoms with van der Waals surface area (Å²) in [6.45, 7) is -0.807. The summed E-state index contributed by atoms with van der Waals surface area (Å²) in [5, 5.41) is 2.91. The second-order valence-corrected chi connectivity index (χ2v) is 7.40. The number of nitrogens with two attached hydrogens (primary N) is 1. The Hall–Kier alpha value is -1.40. The maximum Gasteiger partial charge on any atom is 0.387 e. The highest BCUT2D eigenvalue weighted by Crippen LogP contribution is 2.41. The number of benzene rings is 1. The monoisotopic (exact) mass is 388 g/mol. The Balaban J connectivity index is 0.00000243. The van der Waals surface area contributed by atoms with E-state index in [9.17, 15) is 13.6 Å². The first-order valence-electron chi connectivity index (χ1n) is 9.01. The molecule has 0 heterocycles. The number of fused-ring (bicyclic) bond motifs is 2. The zero-order valence-corrected chi connectivity index (χ0v) is 15.7. The number of rotatable bonds is 5. The van der Waals surface area contributed by atoms with Crippen molar-refractivity contribution in [1.29, 1.82) is 0 Å². The van der Waals surface area contributed by atoms with Crippen molar-refractivity contribution in [3.8, 4) is 5.75 Å². The van der Waals surface area contributed by atoms with E-state index in [4.69, 9.17) is 5.73 Å². The van der Waals surface area contributed by atoms with Crippen LogP contribution in [0.5, 0.6) is 5.75 Å². The molecule has 1 aromatic carbocycles. The van der Waals surface area contributed by atoms with Crippen LogP contribution < -0.4 is 15.8 Å². The molecule has 2 aliphatic carbocycles. The fourth-order valence-corrected chi connectivity index (χ4v) is 4.39. The van der Waals surface area contributed by atoms with E-state index in [0.717, 1.165) is 31.2 Å². The van der Waals surface area contributed by atoms with Gasteiger partial charge in [-0.1, -0.05) is 24.1 Å². The Morgan fingerprint density at radius 2 is 1.96 bits per heavy atom. The van der Waals surface area contributed by atoms with E-state index in [1.165, 1.54) is 12.5 Å². The van der Waals surface area contributed by atoms with E-state index in [-0.39, 0.29) is 42.6 Å². The number of aryl methyl sites for hydroxylation is 1. The first-order valence-corrected chi connectivity index (χ1v) is 9.01. The van der Waals surface area contributed by atoms with Crippen LogP contribution in [-0.4, -0.2) is 18.6 Å². The predicted molar refractivity (Wildman–Crippen MR) is 98.4 cm³/mol. The van der Waals surface area contributed by atoms with Gasteiger partial charge in [-0.15, -0.1) is 12.4 Å². The minimum absolute atomic E-state index is 0. The first kappa shape index (κ1) is 20.9. The van der Waals surface area contributed by atoms with Gasteiger partial charge in [-0.05, 0) is 50.5 Å². The maximum atomic E-state index is 12.6. The van der Waals surface area contributed by atoms with Crippen LogP contribution in [0.2, 0.25) is 0 Å². The van der Waals surface area contributed by atoms with Crippen molar-refractivity contribution in [2.45, 2.75) is 58.2 Å². The van der Waals surface area contributed by atoms with E-state index >= 15 is 0 Å². The van der Waals surface area contributed by atoms with Crippen molar-refractivity contribution in [3.05, 3.63) is 29.3 Å². The molecule has 2 saturated carbocycles. The number of nitrogens with one attached hydrogen (secondary N) is 1. The number of ether oxygens (including phenoxy) is 1. The van der Waals surface area contributed by atoms with Crippen molar-refractivity contribution in [3.63, 3.8) is 0 Å². The van der Waals surface area contributed by atoms with Crippen molar-refractivity contribution >= 4 is 18.3 Å². The third-order valence-corrected chi connectivity index (χ3v) is 5.67. The molecule has 0 aromatic heterocycles. The summed E-state index contributed by atoms with van der Waals surface area (Å²) in [6, 6.07) is 5.23. The van der Waals surface area contributed by atoms with Gasteiger partial charge in [0.1, 0.15) is 5.75 Å². The minimum atomic E-state index is -2.88. The standard InChI is InChI=1S/C19H26F2N2O2.ClH/c1-11-5-6-16(25-19(20)21)15(7-11)10-23-18(24)14-8-12-3-2-4-13(9-14)17(12)22;/h5-7,12-14,17,19H,2-4,8-10,22H2,1H3,(H,23,24);1H. The SMILES string of the molecule is Cc1ccc(OC(F)F)c(CNC(=O)C2CC3CCCC(C2)C3N)c1.Cl. The molecule has 0 aliphatic heterocycles. The molecule has 7 heteroatoms. The van der Waals surface area contributed by atoms with Crippen molar-refractivity contribution in [2.75, 3.05) is 0 Å². The second-order valence-electron chi connectivity index (χ2n) is 7.40. The molecule has 2 fully saturated rings. The van der Waals surface area contributed by atoms with Gasteiger partial charge in [0.15, 0.2) is 0 Å². The van der Waals surface area contributed by atoms with Gasteiger partial charge in [-0.3, -0.25) is 4.79 Å². The second kappa shape index (κ2) is 9.00. The number of hydrogen-bond acceptors (Lipinski definition) is 3. The van der Waals surface area contributed by atoms with Crippen LogP contribution in [0.4, 0.5) is 8.78 Å². The first-order chi connectivity index (χ1) is 11.9. The van der Waals surface area contributed by atoms with Crippen LogP contribution in [0.25, 0.3) is 0 Å². The lowest BCUT2D eigenvalue weighted by Crippen LogP contribution is -2.49. The molecule has 2 atom stereocenters. The summed E-state index contributed by atoms with van der Waals surface area (Å²) in [5.41, 5.74) is 7.78. The van der Waals surface area contributed by atoms with Crippen LogP contribution in [0.3, 0.4) is 0 Å². The summed E-state index contributed by atoms with van der Waals surface area (Å²) in [5.74, 6) is 0.941. The molecule has 2 bridgehead atoms. The van der Waals surface area contributed by atoms with Crippen molar-refractivity contribution in [1.82, 2.24) is 5.32 Å². The summed E-state index contributed by atoms with van der Waals surface area (Å²) in [6.07, 6.45) is 5.07. The fraction of sp³-hybridized carbons (Fsp3) is 0.632. The molecule has 1 amide bonds. The topological polar surface area (TPSA) is 64.3 Å². The number of hydrogen-bond donors (Lipinski definition) is 2. The Bertz CT molecular complexity index is 616. The molecule has 0 radical (unpaired) electrons. The van der Waals surface area contributed by atoms with Gasteiger partial charge in [0.05, 0.1) is 0 Å². The number of carbonyl (C=O) groups excluding carboxylic acids is 1. The summed E-state index contributed by atoms with van der Waals surface area (Å²) >= 11 is 0. The van der Waals surface area contributed by atoms with Crippen molar-refractivity contribution in [2.24, 2.45) is 23.5 Å². The van der Waals surface area contributed by atoms with Gasteiger partial charge < -0.3 is 15.8 Å². The van der Waals surface area contributed by atoms with Gasteiger partial charge in [0.25, 0.3) is 0 Å². The Kier molecular flexibility index (Phi) is 7.24. The Morgan fingerprint density at radius 1 is 1.31 bits per heavy atom. The van der Waals surface area contributed by atoms with Gasteiger partial charge in [-0.25, -0.2) is 0 Å². The molecule has 2 aliphatic rings. The predicted octanol–water partition coefficient (Wildman–Crippen LogP) is 3.79. The number of alkyl halides is 2. The molecule has 146 valence electrons. The lowest BCUT2D eigenvalue weighted by Gasteiger charge is -2.43. The van der Waals surface area contributed by atoms with Crippen LogP contribution in [0.1, 0.15) is 43.2 Å². The number of carbonyl (C=O) groups is 1. The van der Waals surface area contributed by atoms with Gasteiger partial charge in [0, 0.05) is 24.1 Å². The molecule has 2 unspecified atom stereocenters. The van der Waals surface area contributed by atoms with Gasteiger partial charge in [-0.2, -0.15) is 8.78 Å². The molecule has 3 N–H and O–H groups in total. The molecule has 1 aromatic rings. The zero-order valence-electron chi connectivity index (χ0n) is 14.9. The molecule has 26 heavy (non-hydrogen) atoms. The molecular formula is C19H27ClF2N2O2. The number of halogens is 3. The third kappa shape index (κ3) is 4.86. The molecule has 4 nitrogen and oxygen atoms in total. The quantitative estimate of drug-likeness (QED) is 0.806. The lowest BCUT2D eigenvalue weighted by molar-refractivity contribution is -0.128. The zero-order chi connectivity index (χ0) is 18.0. The highest BCUT2D eigenvalue weighted by atomic mass is 35.5. The highest BCUT2D eigenvalue weighted by Gasteiger charge is 2.40. The van der Waals surface area contributed by atoms with Crippen LogP contribution in [-0.2, 0) is 11.3 Å². The smallest absolute Gasteiger partial charge is 0.387 e. The highest BCUT2D eigenvalue weighted by molar-refractivity contribution is 5.85. The lowest BCUT2D eigenvalue weighted by atomic mass is 9.65. The molecule has 3 rings (SSSR count). The molecule has 0 spiro atoms. The average molecular weight is 389 g/mol. The van der Waals surface area contributed by atoms with Gasteiger partial charge in [0.2, 0.25) is 5.91 Å². The largest absolute Gasteiger partial charge is 0.434 e. The van der Waals surface area contributed by atoms with Gasteiger partial charge >= 0.3 is 6.61 Å². The minimum Gasteiger partial charge on any atom is -0.434 e. The Morgan fingerprint density at radius 3 is 2.58 bits per heavy atom. The van der Waals surface area contributed by atoms with Crippen LogP contribution >= 0.6 is 12.4 Å². The maximum absolute atomic E-state index is 12.6. The summed E-state index contributed by atoms with van der Waals surface area (Å²) < 4.78 is 29.6. The molecule has 0 saturated heterocycles. The summed E-state index contributed by atoms with van der Waals surface area (Å²) in [4.78, 5) is 12.6. The number of amides is 1. The van der Waals surface area contributed by atoms with E-state index in [0.29, 0.717) is 17.4 Å². The van der Waals surface area contributed by atoms with E-state index in [1.54, 1.807) is 12.1 Å². The van der Waals surface area contributed by atoms with Crippen molar-refractivity contribution < 1.29 is 18.3 Å². The van der Waals surface area contributed by atoms with E-state index in [2.05, 4.69) is 10.1 Å². The fourth-order valence-electron chi connectivity index (χ4n) is 4.39. The van der Waals surface area contributed by atoms with Crippen LogP contribution in [0, 0.1) is 24.7 Å². The molecular weight excluding hydrogens is 362 g/mol. The van der Waals surface area contributed by atoms with E-state index in [1.807, 2.05) is 6.92 Å². The summed E-state index contributed by atoms with van der Waals surface area (Å²) in [7, 11) is 0. The third-order valence-electron chi connectivity index (χ3n) is 5.67. The average Bonchev–Trinajstić information content (AvgIpc) is 2.54. The Labute approximate surface area is 159 Å². The normalized spacial score (nSPS) is 27.6. The van der Waals surface area contributed by atoms with Crippen LogP contribution in [0.15, 0.2) is 18.2 Å².